The topological polar surface area (TPSA) is 122 Å². The Kier molecular flexibility index (Phi) is 2.70. The van der Waals surface area contributed by atoms with Gasteiger partial charge in [-0.15, -0.1) is 24.4 Å². The second-order valence-corrected chi connectivity index (χ2v) is 2.23. The molecule has 0 bridgehead atoms. The zero-order chi connectivity index (χ0) is 9.07. The van der Waals surface area contributed by atoms with Crippen LogP contribution in [0.2, 0.25) is 0 Å². The van der Waals surface area contributed by atoms with Crippen molar-refractivity contribution in [3.05, 3.63) is 20.2 Å². The van der Waals surface area contributed by atoms with E-state index < -0.39 is 18.1 Å². The molecule has 0 saturated heterocycles. The number of rotatable bonds is 4. The molecule has 0 aliphatic carbocycles. The van der Waals surface area contributed by atoms with Gasteiger partial charge in [-0.25, -0.2) is 4.57 Å². The summed E-state index contributed by atoms with van der Waals surface area (Å²) in [5.74, 6) is 0. The molecule has 0 fully saturated rings. The lowest BCUT2D eigenvalue weighted by Gasteiger charge is -2.00. The molecule has 9 nitrogen and oxygen atoms in total. The second-order valence-electron chi connectivity index (χ2n) is 1.04. The van der Waals surface area contributed by atoms with Crippen LogP contribution in [-0.2, 0) is 13.8 Å². The number of hydrogen-bond acceptors (Lipinski definition) is 7. The van der Waals surface area contributed by atoms with Crippen LogP contribution >= 0.6 is 7.91 Å². The Morgan fingerprint density at radius 3 is 1.64 bits per heavy atom. The highest BCUT2D eigenvalue weighted by Gasteiger charge is 2.31. The molecule has 0 saturated carbocycles. The lowest BCUT2D eigenvalue weighted by molar-refractivity contribution is -0.752. The molecule has 0 aromatic carbocycles. The SMILES string of the molecule is O=[N+]([O-])OP(=O)(F)O[N+](=O)[O-]. The third-order valence-corrected chi connectivity index (χ3v) is 0.985. The highest BCUT2D eigenvalue weighted by atomic mass is 31.2. The highest BCUT2D eigenvalue weighted by Crippen LogP contribution is 2.49. The van der Waals surface area contributed by atoms with Gasteiger partial charge in [-0.05, 0) is 0 Å². The van der Waals surface area contributed by atoms with E-state index in [9.17, 15) is 29.0 Å². The van der Waals surface area contributed by atoms with Crippen LogP contribution in [0.1, 0.15) is 0 Å². The minimum atomic E-state index is -5.70. The number of hydrogen-bond donors (Lipinski definition) is 0. The van der Waals surface area contributed by atoms with Crippen molar-refractivity contribution in [2.45, 2.75) is 0 Å². The summed E-state index contributed by atoms with van der Waals surface area (Å²) < 4.78 is 27.1. The Morgan fingerprint density at radius 1 is 1.18 bits per heavy atom. The fourth-order valence-electron chi connectivity index (χ4n) is 0.174. The predicted molar refractivity (Wildman–Crippen MR) is 24.9 cm³/mol. The molecule has 11 heavy (non-hydrogen) atoms. The Labute approximate surface area is 57.6 Å². The van der Waals surface area contributed by atoms with Crippen LogP contribution in [0.4, 0.5) is 4.20 Å². The molecular weight excluding hydrogens is 190 g/mol. The predicted octanol–water partition coefficient (Wildman–Crippen LogP) is 0.481. The maximum Gasteiger partial charge on any atom is 0.572 e. The molecule has 0 aromatic rings. The van der Waals surface area contributed by atoms with Gasteiger partial charge in [0.1, 0.15) is 0 Å². The first-order valence-corrected chi connectivity index (χ1v) is 3.25. The summed E-state index contributed by atoms with van der Waals surface area (Å²) in [7, 11) is -5.70. The van der Waals surface area contributed by atoms with Crippen molar-refractivity contribution in [2.24, 2.45) is 0 Å². The molecule has 0 unspecified atom stereocenters. The first kappa shape index (κ1) is 9.56. The van der Waals surface area contributed by atoms with Gasteiger partial charge in [0.05, 0.1) is 0 Å². The van der Waals surface area contributed by atoms with Crippen LogP contribution < -0.4 is 0 Å². The molecule has 0 aliphatic heterocycles. The maximum absolute atomic E-state index is 11.8. The largest absolute Gasteiger partial charge is 0.572 e. The summed E-state index contributed by atoms with van der Waals surface area (Å²) in [6.07, 6.45) is 0. The summed E-state index contributed by atoms with van der Waals surface area (Å²) in [5.41, 5.74) is 0. The van der Waals surface area contributed by atoms with Crippen molar-refractivity contribution in [1.82, 2.24) is 0 Å². The van der Waals surface area contributed by atoms with E-state index in [1.165, 1.54) is 0 Å². The van der Waals surface area contributed by atoms with Crippen molar-refractivity contribution in [3.63, 3.8) is 0 Å². The van der Waals surface area contributed by atoms with Gasteiger partial charge in [0, 0.05) is 0 Å². The molecule has 0 atom stereocenters. The van der Waals surface area contributed by atoms with Gasteiger partial charge >= 0.3 is 18.1 Å². The Balaban J connectivity index is 4.12. The molecule has 0 rings (SSSR count). The molecule has 0 aliphatic rings. The van der Waals surface area contributed by atoms with Gasteiger partial charge in [0.2, 0.25) is 0 Å². The third-order valence-electron chi connectivity index (χ3n) is 0.328. The summed E-state index contributed by atoms with van der Waals surface area (Å²) in [4.78, 5) is 18.5. The van der Waals surface area contributed by atoms with E-state index >= 15 is 0 Å². The summed E-state index contributed by atoms with van der Waals surface area (Å²) in [6, 6.07) is 0. The van der Waals surface area contributed by atoms with E-state index in [1.807, 2.05) is 0 Å². The molecule has 0 aromatic heterocycles. The quantitative estimate of drug-likeness (QED) is 0.358. The molecule has 0 N–H and O–H groups in total. The van der Waals surface area contributed by atoms with Crippen LogP contribution in [0.5, 0.6) is 0 Å². The van der Waals surface area contributed by atoms with E-state index in [0.29, 0.717) is 0 Å². The van der Waals surface area contributed by atoms with Crippen LogP contribution in [0.15, 0.2) is 0 Å². The molecule has 0 amide bonds. The van der Waals surface area contributed by atoms with Crippen LogP contribution in [0.3, 0.4) is 0 Å². The van der Waals surface area contributed by atoms with E-state index in [-0.39, 0.29) is 0 Å². The normalized spacial score (nSPS) is 10.3. The Morgan fingerprint density at radius 2 is 1.45 bits per heavy atom. The maximum atomic E-state index is 11.8. The highest BCUT2D eigenvalue weighted by molar-refractivity contribution is 7.47. The third kappa shape index (κ3) is 5.03. The van der Waals surface area contributed by atoms with Crippen molar-refractivity contribution >= 4 is 7.91 Å². The van der Waals surface area contributed by atoms with E-state index in [2.05, 4.69) is 9.25 Å². The second kappa shape index (κ2) is 3.10. The van der Waals surface area contributed by atoms with Crippen molar-refractivity contribution in [3.8, 4) is 0 Å². The zero-order valence-corrected chi connectivity index (χ0v) is 5.47. The van der Waals surface area contributed by atoms with E-state index in [1.54, 1.807) is 0 Å². The lowest BCUT2D eigenvalue weighted by Crippen LogP contribution is -2.02. The van der Waals surface area contributed by atoms with Gasteiger partial charge in [-0.1, -0.05) is 0 Å². The molecule has 11 heteroatoms. The van der Waals surface area contributed by atoms with Crippen LogP contribution in [0, 0.1) is 20.2 Å². The molecular formula is FN2O7P. The minimum absolute atomic E-state index is 1.80. The summed E-state index contributed by atoms with van der Waals surface area (Å²) in [5, 5.41) is 14.9. The van der Waals surface area contributed by atoms with E-state index in [0.717, 1.165) is 0 Å². The molecule has 64 valence electrons. The van der Waals surface area contributed by atoms with Crippen LogP contribution in [-0.4, -0.2) is 10.2 Å². The van der Waals surface area contributed by atoms with E-state index in [4.69, 9.17) is 0 Å². The minimum Gasteiger partial charge on any atom is -0.226 e. The first-order chi connectivity index (χ1) is 4.83. The molecule has 0 spiro atoms. The van der Waals surface area contributed by atoms with Crippen molar-refractivity contribution < 1.29 is 28.2 Å². The van der Waals surface area contributed by atoms with Crippen LogP contribution in [0.25, 0.3) is 0 Å². The zero-order valence-electron chi connectivity index (χ0n) is 4.58. The number of nitrogens with zero attached hydrogens (tertiary/aromatic N) is 2. The Bertz CT molecular complexity index is 202. The van der Waals surface area contributed by atoms with Gasteiger partial charge in [0.15, 0.2) is 0 Å². The fraction of sp³-hybridized carbons (Fsp3) is 0. The monoisotopic (exact) mass is 190 g/mol. The van der Waals surface area contributed by atoms with Crippen molar-refractivity contribution in [1.29, 1.82) is 0 Å². The fourth-order valence-corrected chi connectivity index (χ4v) is 0.523. The summed E-state index contributed by atoms with van der Waals surface area (Å²) >= 11 is 0. The smallest absolute Gasteiger partial charge is 0.226 e. The standard InChI is InChI=1S/FN2O7P/c1-11(8,9-2(4)5)10-3(6)7. The van der Waals surface area contributed by atoms with Gasteiger partial charge in [-0.3, -0.25) is 0 Å². The van der Waals surface area contributed by atoms with Crippen molar-refractivity contribution in [2.75, 3.05) is 0 Å². The number of halogens is 1. The summed E-state index contributed by atoms with van der Waals surface area (Å²) in [6.45, 7) is 0. The van der Waals surface area contributed by atoms with Gasteiger partial charge in [0.25, 0.3) is 0 Å². The average Bonchev–Trinajstić information content (AvgIpc) is 1.53. The van der Waals surface area contributed by atoms with Gasteiger partial charge in [-0.2, -0.15) is 9.25 Å². The van der Waals surface area contributed by atoms with Gasteiger partial charge < -0.3 is 0 Å². The Hall–Kier alpha value is -1.44. The molecule has 0 radical (unpaired) electrons. The lowest BCUT2D eigenvalue weighted by atomic mass is 13.1. The molecule has 0 heterocycles. The first-order valence-electron chi connectivity index (χ1n) is 1.81. The average molecular weight is 190 g/mol.